The standard InChI is InChI=1S/C23H19ClN2OS/c24-16-9-7-14(8-10-16)23-22-19(25-17-4-1-2-5-18(17)26-23)12-15(13-20(22)27)21-6-3-11-28-21/h1-11,15,23,25-26H,12-13H2/t15-,23-/m0/s1. The van der Waals surface area contributed by atoms with Gasteiger partial charge >= 0.3 is 0 Å². The number of Topliss-reactive ketones (excluding diaryl/α,β-unsaturated/α-hetero) is 1. The van der Waals surface area contributed by atoms with E-state index >= 15 is 0 Å². The number of rotatable bonds is 2. The third kappa shape index (κ3) is 3.13. The highest BCUT2D eigenvalue weighted by Gasteiger charge is 2.36. The van der Waals surface area contributed by atoms with Gasteiger partial charge in [-0.25, -0.2) is 0 Å². The number of carbonyl (C=O) groups is 1. The second-order valence-electron chi connectivity index (χ2n) is 7.24. The van der Waals surface area contributed by atoms with Crippen molar-refractivity contribution in [3.05, 3.63) is 92.8 Å². The van der Waals surface area contributed by atoms with E-state index in [1.54, 1.807) is 11.3 Å². The molecule has 5 rings (SSSR count). The third-order valence-corrected chi connectivity index (χ3v) is 6.74. The smallest absolute Gasteiger partial charge is 0.163 e. The zero-order chi connectivity index (χ0) is 19.1. The summed E-state index contributed by atoms with van der Waals surface area (Å²) in [5, 5.41) is 9.94. The van der Waals surface area contributed by atoms with Gasteiger partial charge in [0.1, 0.15) is 0 Å². The average molecular weight is 407 g/mol. The molecule has 140 valence electrons. The number of fused-ring (bicyclic) bond motifs is 1. The number of halogens is 1. The van der Waals surface area contributed by atoms with Crippen LogP contribution in [0.4, 0.5) is 11.4 Å². The van der Waals surface area contributed by atoms with Crippen molar-refractivity contribution < 1.29 is 4.79 Å². The molecule has 1 aliphatic heterocycles. The Morgan fingerprint density at radius 2 is 1.71 bits per heavy atom. The van der Waals surface area contributed by atoms with Crippen LogP contribution in [0.5, 0.6) is 0 Å². The highest BCUT2D eigenvalue weighted by atomic mass is 35.5. The summed E-state index contributed by atoms with van der Waals surface area (Å²) in [6.45, 7) is 0. The molecule has 2 heterocycles. The normalized spacial score (nSPS) is 21.2. The lowest BCUT2D eigenvalue weighted by Crippen LogP contribution is -2.26. The van der Waals surface area contributed by atoms with E-state index < -0.39 is 0 Å². The molecule has 0 amide bonds. The van der Waals surface area contributed by atoms with Gasteiger partial charge in [0.2, 0.25) is 0 Å². The van der Waals surface area contributed by atoms with E-state index in [-0.39, 0.29) is 17.7 Å². The number of carbonyl (C=O) groups excluding carboxylic acids is 1. The molecule has 3 aromatic rings. The van der Waals surface area contributed by atoms with Crippen LogP contribution in [-0.4, -0.2) is 5.78 Å². The Balaban J connectivity index is 1.62. The molecule has 2 atom stereocenters. The molecule has 0 saturated heterocycles. The van der Waals surface area contributed by atoms with Gasteiger partial charge in [-0.2, -0.15) is 0 Å². The molecule has 2 aromatic carbocycles. The largest absolute Gasteiger partial charge is 0.372 e. The van der Waals surface area contributed by atoms with E-state index in [0.29, 0.717) is 11.4 Å². The summed E-state index contributed by atoms with van der Waals surface area (Å²) in [7, 11) is 0. The first-order valence-electron chi connectivity index (χ1n) is 9.37. The zero-order valence-corrected chi connectivity index (χ0v) is 16.7. The maximum absolute atomic E-state index is 13.3. The number of anilines is 2. The molecular weight excluding hydrogens is 388 g/mol. The van der Waals surface area contributed by atoms with E-state index in [2.05, 4.69) is 34.2 Å². The zero-order valence-electron chi connectivity index (χ0n) is 15.1. The van der Waals surface area contributed by atoms with Crippen molar-refractivity contribution >= 4 is 40.1 Å². The maximum atomic E-state index is 13.3. The first-order valence-corrected chi connectivity index (χ1v) is 10.6. The molecule has 1 aliphatic carbocycles. The number of thiophene rings is 1. The predicted molar refractivity (Wildman–Crippen MR) is 116 cm³/mol. The van der Waals surface area contributed by atoms with Gasteiger partial charge in [-0.3, -0.25) is 4.79 Å². The SMILES string of the molecule is O=C1C[C@@H](c2cccs2)CC2=C1[C@H](c1ccc(Cl)cc1)Nc1ccccc1N2. The number of hydrogen-bond acceptors (Lipinski definition) is 4. The summed E-state index contributed by atoms with van der Waals surface area (Å²) < 4.78 is 0. The number of benzene rings is 2. The van der Waals surface area contributed by atoms with E-state index in [9.17, 15) is 4.79 Å². The first kappa shape index (κ1) is 17.5. The summed E-state index contributed by atoms with van der Waals surface area (Å²) in [4.78, 5) is 14.6. The lowest BCUT2D eigenvalue weighted by Gasteiger charge is -2.29. The molecule has 0 spiro atoms. The predicted octanol–water partition coefficient (Wildman–Crippen LogP) is 6.38. The van der Waals surface area contributed by atoms with E-state index in [0.717, 1.165) is 34.6 Å². The Labute approximate surface area is 173 Å². The number of allylic oxidation sites excluding steroid dienone is 1. The summed E-state index contributed by atoms with van der Waals surface area (Å²) in [6.07, 6.45) is 1.38. The van der Waals surface area contributed by atoms with Crippen molar-refractivity contribution in [2.45, 2.75) is 24.8 Å². The molecule has 2 N–H and O–H groups in total. The Hall–Kier alpha value is -2.56. The van der Waals surface area contributed by atoms with Crippen LogP contribution in [0.15, 0.2) is 77.3 Å². The van der Waals surface area contributed by atoms with Gasteiger partial charge in [-0.15, -0.1) is 11.3 Å². The second-order valence-corrected chi connectivity index (χ2v) is 8.65. The highest BCUT2D eigenvalue weighted by molar-refractivity contribution is 7.10. The van der Waals surface area contributed by atoms with Crippen molar-refractivity contribution in [1.82, 2.24) is 0 Å². The van der Waals surface area contributed by atoms with Crippen molar-refractivity contribution in [3.63, 3.8) is 0 Å². The summed E-state index contributed by atoms with van der Waals surface area (Å²) in [5.41, 5.74) is 4.90. The van der Waals surface area contributed by atoms with E-state index in [1.165, 1.54) is 4.88 Å². The van der Waals surface area contributed by atoms with Crippen LogP contribution in [0, 0.1) is 0 Å². The first-order chi connectivity index (χ1) is 13.7. The Morgan fingerprint density at radius 1 is 0.929 bits per heavy atom. The summed E-state index contributed by atoms with van der Waals surface area (Å²) >= 11 is 7.82. The van der Waals surface area contributed by atoms with Crippen molar-refractivity contribution in [1.29, 1.82) is 0 Å². The molecule has 1 aromatic heterocycles. The molecule has 5 heteroatoms. The Morgan fingerprint density at radius 3 is 2.46 bits per heavy atom. The van der Waals surface area contributed by atoms with Gasteiger partial charge in [0.05, 0.1) is 17.4 Å². The molecule has 3 nitrogen and oxygen atoms in total. The number of hydrogen-bond donors (Lipinski definition) is 2. The van der Waals surface area contributed by atoms with Crippen molar-refractivity contribution in [3.8, 4) is 0 Å². The number of para-hydroxylation sites is 2. The molecule has 28 heavy (non-hydrogen) atoms. The lowest BCUT2D eigenvalue weighted by atomic mass is 9.81. The monoisotopic (exact) mass is 406 g/mol. The third-order valence-electron chi connectivity index (χ3n) is 5.46. The topological polar surface area (TPSA) is 41.1 Å². The van der Waals surface area contributed by atoms with Crippen LogP contribution in [0.1, 0.15) is 35.2 Å². The molecule has 0 bridgehead atoms. The van der Waals surface area contributed by atoms with Crippen molar-refractivity contribution in [2.75, 3.05) is 10.6 Å². The molecule has 2 aliphatic rings. The van der Waals surface area contributed by atoms with Crippen LogP contribution in [-0.2, 0) is 4.79 Å². The van der Waals surface area contributed by atoms with Crippen molar-refractivity contribution in [2.24, 2.45) is 0 Å². The number of nitrogens with one attached hydrogen (secondary N) is 2. The molecule has 0 unspecified atom stereocenters. The minimum atomic E-state index is -0.194. The lowest BCUT2D eigenvalue weighted by molar-refractivity contribution is -0.116. The van der Waals surface area contributed by atoms with Gasteiger partial charge in [0.15, 0.2) is 5.78 Å². The number of ketones is 1. The Bertz CT molecular complexity index is 1060. The summed E-state index contributed by atoms with van der Waals surface area (Å²) in [5.74, 6) is 0.433. The molecule has 0 radical (unpaired) electrons. The van der Waals surface area contributed by atoms with E-state index in [1.807, 2.05) is 42.5 Å². The Kier molecular flexibility index (Phi) is 4.46. The fourth-order valence-corrected chi connectivity index (χ4v) is 5.08. The van der Waals surface area contributed by atoms with Gasteiger partial charge in [-0.1, -0.05) is 41.9 Å². The quantitative estimate of drug-likeness (QED) is 0.518. The maximum Gasteiger partial charge on any atom is 0.163 e. The van der Waals surface area contributed by atoms with Crippen LogP contribution >= 0.6 is 22.9 Å². The fourth-order valence-electron chi connectivity index (χ4n) is 4.12. The van der Waals surface area contributed by atoms with Gasteiger partial charge in [0.25, 0.3) is 0 Å². The van der Waals surface area contributed by atoms with Gasteiger partial charge < -0.3 is 10.6 Å². The van der Waals surface area contributed by atoms with Crippen LogP contribution in [0.25, 0.3) is 0 Å². The molecular formula is C23H19ClN2OS. The average Bonchev–Trinajstić information content (AvgIpc) is 3.18. The van der Waals surface area contributed by atoms with E-state index in [4.69, 9.17) is 11.6 Å². The fraction of sp³-hybridized carbons (Fsp3) is 0.174. The van der Waals surface area contributed by atoms with Crippen LogP contribution in [0.2, 0.25) is 5.02 Å². The highest BCUT2D eigenvalue weighted by Crippen LogP contribution is 2.44. The molecule has 0 fully saturated rings. The van der Waals surface area contributed by atoms with Gasteiger partial charge in [-0.05, 0) is 47.7 Å². The minimum absolute atomic E-state index is 0.194. The second kappa shape index (κ2) is 7.12. The van der Waals surface area contributed by atoms with Gasteiger partial charge in [0, 0.05) is 33.5 Å². The van der Waals surface area contributed by atoms with Crippen LogP contribution in [0.3, 0.4) is 0 Å². The minimum Gasteiger partial charge on any atom is -0.372 e. The summed E-state index contributed by atoms with van der Waals surface area (Å²) in [6, 6.07) is 19.9. The van der Waals surface area contributed by atoms with Crippen LogP contribution < -0.4 is 10.6 Å². The molecule has 0 saturated carbocycles.